The molecule has 0 aliphatic heterocycles. The molecule has 6 nitrogen and oxygen atoms in total. The molecular weight excluding hydrogens is 172 g/mol. The first-order valence-electron chi connectivity index (χ1n) is 3.79. The van der Waals surface area contributed by atoms with Crippen LogP contribution < -0.4 is 0 Å². The molecule has 13 heavy (non-hydrogen) atoms. The van der Waals surface area contributed by atoms with Gasteiger partial charge in [-0.05, 0) is 6.92 Å². The molecule has 0 spiro atoms. The maximum Gasteiger partial charge on any atom is 0.255 e. The van der Waals surface area contributed by atoms with Gasteiger partial charge in [0.1, 0.15) is 6.10 Å². The molecular formula is C7H8N4O2. The Hall–Kier alpha value is -1.69. The molecule has 0 fully saturated rings. The molecule has 6 heteroatoms. The fourth-order valence-electron chi connectivity index (χ4n) is 0.889. The zero-order chi connectivity index (χ0) is 9.26. The summed E-state index contributed by atoms with van der Waals surface area (Å²) in [6, 6.07) is 0. The standard InChI is InChI=1S/C7H8N4O2/c1-4(12)7-10-6(11-13-7)5-8-2-3-9-5/h2-4,12H,1H3,(H,8,9)/t4-/m0/s1. The molecule has 0 amide bonds. The van der Waals surface area contributed by atoms with E-state index in [4.69, 9.17) is 9.63 Å². The van der Waals surface area contributed by atoms with Crippen molar-refractivity contribution in [1.82, 2.24) is 20.1 Å². The Morgan fingerprint density at radius 3 is 3.00 bits per heavy atom. The Balaban J connectivity index is 2.33. The van der Waals surface area contributed by atoms with Crippen LogP contribution in [0.3, 0.4) is 0 Å². The van der Waals surface area contributed by atoms with Crippen LogP contribution in [-0.4, -0.2) is 25.2 Å². The Kier molecular flexibility index (Phi) is 1.82. The van der Waals surface area contributed by atoms with Gasteiger partial charge in [-0.3, -0.25) is 0 Å². The number of aliphatic hydroxyl groups is 1. The third-order valence-corrected chi connectivity index (χ3v) is 1.51. The topological polar surface area (TPSA) is 87.8 Å². The van der Waals surface area contributed by atoms with Crippen LogP contribution in [0, 0.1) is 0 Å². The number of aromatic amines is 1. The van der Waals surface area contributed by atoms with Gasteiger partial charge in [-0.15, -0.1) is 0 Å². The first-order chi connectivity index (χ1) is 6.27. The third-order valence-electron chi connectivity index (χ3n) is 1.51. The van der Waals surface area contributed by atoms with Crippen molar-refractivity contribution in [2.45, 2.75) is 13.0 Å². The zero-order valence-electron chi connectivity index (χ0n) is 6.93. The van der Waals surface area contributed by atoms with Crippen LogP contribution in [0.2, 0.25) is 0 Å². The lowest BCUT2D eigenvalue weighted by Gasteiger charge is -1.91. The Bertz CT molecular complexity index is 379. The van der Waals surface area contributed by atoms with Crippen LogP contribution in [0.25, 0.3) is 11.6 Å². The van der Waals surface area contributed by atoms with Gasteiger partial charge >= 0.3 is 0 Å². The van der Waals surface area contributed by atoms with Crippen molar-refractivity contribution in [3.8, 4) is 11.6 Å². The van der Waals surface area contributed by atoms with E-state index in [9.17, 15) is 0 Å². The molecule has 68 valence electrons. The van der Waals surface area contributed by atoms with Gasteiger partial charge in [0.25, 0.3) is 5.89 Å². The molecule has 0 radical (unpaired) electrons. The van der Waals surface area contributed by atoms with Gasteiger partial charge in [0.2, 0.25) is 5.82 Å². The lowest BCUT2D eigenvalue weighted by atomic mass is 10.4. The quantitative estimate of drug-likeness (QED) is 0.703. The van der Waals surface area contributed by atoms with Crippen LogP contribution >= 0.6 is 0 Å². The van der Waals surface area contributed by atoms with Gasteiger partial charge in [0.05, 0.1) is 0 Å². The van der Waals surface area contributed by atoms with Crippen LogP contribution in [0.15, 0.2) is 16.9 Å². The highest BCUT2D eigenvalue weighted by Gasteiger charge is 2.13. The van der Waals surface area contributed by atoms with Crippen molar-refractivity contribution in [1.29, 1.82) is 0 Å². The molecule has 1 atom stereocenters. The lowest BCUT2D eigenvalue weighted by molar-refractivity contribution is 0.152. The van der Waals surface area contributed by atoms with Crippen molar-refractivity contribution in [2.75, 3.05) is 0 Å². The molecule has 2 aromatic rings. The molecule has 2 heterocycles. The first-order valence-corrected chi connectivity index (χ1v) is 3.79. The lowest BCUT2D eigenvalue weighted by Crippen LogP contribution is -1.90. The van der Waals surface area contributed by atoms with Gasteiger partial charge < -0.3 is 14.6 Å². The Morgan fingerprint density at radius 2 is 2.46 bits per heavy atom. The van der Waals surface area contributed by atoms with Crippen molar-refractivity contribution in [2.24, 2.45) is 0 Å². The monoisotopic (exact) mass is 180 g/mol. The van der Waals surface area contributed by atoms with E-state index < -0.39 is 6.10 Å². The second-order valence-electron chi connectivity index (χ2n) is 2.57. The highest BCUT2D eigenvalue weighted by atomic mass is 16.5. The Morgan fingerprint density at radius 1 is 1.62 bits per heavy atom. The number of H-pyrrole nitrogens is 1. The smallest absolute Gasteiger partial charge is 0.255 e. The summed E-state index contributed by atoms with van der Waals surface area (Å²) in [5.74, 6) is 1.06. The highest BCUT2D eigenvalue weighted by Crippen LogP contribution is 2.14. The number of nitrogens with zero attached hydrogens (tertiary/aromatic N) is 3. The van der Waals surface area contributed by atoms with E-state index in [1.165, 1.54) is 0 Å². The SMILES string of the molecule is C[C@H](O)c1nc(-c2ncc[nH]2)no1. The van der Waals surface area contributed by atoms with Crippen molar-refractivity contribution >= 4 is 0 Å². The molecule has 0 unspecified atom stereocenters. The maximum atomic E-state index is 9.11. The summed E-state index contributed by atoms with van der Waals surface area (Å²) in [7, 11) is 0. The molecule has 2 rings (SSSR count). The molecule has 0 aromatic carbocycles. The van der Waals surface area contributed by atoms with E-state index in [1.807, 2.05) is 0 Å². The number of hydrogen-bond donors (Lipinski definition) is 2. The summed E-state index contributed by atoms with van der Waals surface area (Å²) in [5.41, 5.74) is 0. The van der Waals surface area contributed by atoms with Crippen molar-refractivity contribution in [3.63, 3.8) is 0 Å². The summed E-state index contributed by atoms with van der Waals surface area (Å²) < 4.78 is 4.78. The van der Waals surface area contributed by atoms with Gasteiger partial charge in [-0.2, -0.15) is 4.98 Å². The van der Waals surface area contributed by atoms with Gasteiger partial charge in [-0.1, -0.05) is 5.16 Å². The molecule has 0 aliphatic rings. The van der Waals surface area contributed by atoms with E-state index in [-0.39, 0.29) is 5.89 Å². The van der Waals surface area contributed by atoms with Gasteiger partial charge in [-0.25, -0.2) is 4.98 Å². The maximum absolute atomic E-state index is 9.11. The van der Waals surface area contributed by atoms with E-state index in [0.29, 0.717) is 11.6 Å². The number of aliphatic hydroxyl groups excluding tert-OH is 1. The first kappa shape index (κ1) is 7.93. The number of rotatable bonds is 2. The van der Waals surface area contributed by atoms with Crippen LogP contribution in [0.5, 0.6) is 0 Å². The second-order valence-corrected chi connectivity index (χ2v) is 2.57. The fourth-order valence-corrected chi connectivity index (χ4v) is 0.889. The summed E-state index contributed by atoms with van der Waals surface area (Å²) in [6.07, 6.45) is 2.50. The molecule has 0 saturated heterocycles. The van der Waals surface area contributed by atoms with Crippen molar-refractivity contribution in [3.05, 3.63) is 18.3 Å². The van der Waals surface area contributed by atoms with E-state index in [0.717, 1.165) is 0 Å². The average Bonchev–Trinajstić information content (AvgIpc) is 2.75. The molecule has 0 aliphatic carbocycles. The zero-order valence-corrected chi connectivity index (χ0v) is 6.93. The number of aromatic nitrogens is 4. The van der Waals surface area contributed by atoms with Crippen LogP contribution in [-0.2, 0) is 0 Å². The summed E-state index contributed by atoms with van der Waals surface area (Å²) >= 11 is 0. The second kappa shape index (κ2) is 2.98. The molecule has 0 bridgehead atoms. The minimum absolute atomic E-state index is 0.186. The fraction of sp³-hybridized carbons (Fsp3) is 0.286. The normalized spacial score (nSPS) is 13.1. The summed E-state index contributed by atoms with van der Waals surface area (Å²) in [6.45, 7) is 1.55. The minimum atomic E-state index is -0.754. The van der Waals surface area contributed by atoms with E-state index in [2.05, 4.69) is 20.1 Å². The third kappa shape index (κ3) is 1.43. The molecule has 0 saturated carbocycles. The minimum Gasteiger partial charge on any atom is -0.384 e. The number of nitrogens with one attached hydrogen (secondary N) is 1. The molecule has 2 aromatic heterocycles. The van der Waals surface area contributed by atoms with Crippen LogP contribution in [0.1, 0.15) is 18.9 Å². The largest absolute Gasteiger partial charge is 0.384 e. The number of hydrogen-bond acceptors (Lipinski definition) is 5. The van der Waals surface area contributed by atoms with E-state index >= 15 is 0 Å². The predicted octanol–water partition coefficient (Wildman–Crippen LogP) is 0.513. The predicted molar refractivity (Wildman–Crippen MR) is 42.5 cm³/mol. The highest BCUT2D eigenvalue weighted by molar-refractivity contribution is 5.40. The van der Waals surface area contributed by atoms with Crippen molar-refractivity contribution < 1.29 is 9.63 Å². The molecule has 2 N–H and O–H groups in total. The summed E-state index contributed by atoms with van der Waals surface area (Å²) in [4.78, 5) is 10.7. The van der Waals surface area contributed by atoms with Crippen LogP contribution in [0.4, 0.5) is 0 Å². The Labute approximate surface area is 73.6 Å². The average molecular weight is 180 g/mol. The van der Waals surface area contributed by atoms with Gasteiger partial charge in [0, 0.05) is 12.4 Å². The number of imidazole rings is 1. The van der Waals surface area contributed by atoms with Gasteiger partial charge in [0.15, 0.2) is 5.82 Å². The van der Waals surface area contributed by atoms with E-state index in [1.54, 1.807) is 19.3 Å². The summed E-state index contributed by atoms with van der Waals surface area (Å²) in [5, 5.41) is 12.7.